The molecule has 0 fully saturated rings. The molecule has 2 rings (SSSR count). The summed E-state index contributed by atoms with van der Waals surface area (Å²) in [6.07, 6.45) is 0.189. The van der Waals surface area contributed by atoms with Crippen molar-refractivity contribution >= 4 is 17.9 Å². The first kappa shape index (κ1) is 21.0. The summed E-state index contributed by atoms with van der Waals surface area (Å²) in [7, 11) is 3.38. The van der Waals surface area contributed by atoms with Crippen LogP contribution < -0.4 is 5.32 Å². The number of hydrogen-bond acceptors (Lipinski definition) is 3. The topological polar surface area (TPSA) is 90.0 Å². The fourth-order valence-corrected chi connectivity index (χ4v) is 2.65. The quantitative estimate of drug-likeness (QED) is 0.733. The Bertz CT molecular complexity index is 806. The number of carbonyl (C=O) groups is 3. The molecule has 0 saturated heterocycles. The van der Waals surface area contributed by atoms with Crippen LogP contribution in [0.4, 0.5) is 4.79 Å². The molecule has 7 nitrogen and oxygen atoms in total. The highest BCUT2D eigenvalue weighted by Crippen LogP contribution is 2.08. The molecule has 2 aromatic carbocycles. The van der Waals surface area contributed by atoms with Gasteiger partial charge in [-0.05, 0) is 23.3 Å². The zero-order valence-corrected chi connectivity index (χ0v) is 16.1. The predicted octanol–water partition coefficient (Wildman–Crippen LogP) is 2.57. The van der Waals surface area contributed by atoms with Crippen LogP contribution in [0.15, 0.2) is 54.6 Å². The molecule has 0 radical (unpaired) electrons. The first-order valence-electron chi connectivity index (χ1n) is 8.96. The van der Waals surface area contributed by atoms with E-state index in [-0.39, 0.29) is 30.5 Å². The summed E-state index contributed by atoms with van der Waals surface area (Å²) in [6, 6.07) is 15.8. The summed E-state index contributed by atoms with van der Waals surface area (Å²) >= 11 is 0. The second-order valence-electron chi connectivity index (χ2n) is 6.58. The van der Waals surface area contributed by atoms with Gasteiger partial charge in [-0.2, -0.15) is 0 Å². The zero-order valence-electron chi connectivity index (χ0n) is 16.1. The third kappa shape index (κ3) is 6.42. The maximum Gasteiger partial charge on any atom is 0.335 e. The first-order valence-corrected chi connectivity index (χ1v) is 8.96. The Kier molecular flexibility index (Phi) is 7.56. The van der Waals surface area contributed by atoms with Crippen LogP contribution in [0.3, 0.4) is 0 Å². The predicted molar refractivity (Wildman–Crippen MR) is 106 cm³/mol. The minimum Gasteiger partial charge on any atom is -0.478 e. The maximum atomic E-state index is 12.2. The van der Waals surface area contributed by atoms with Gasteiger partial charge in [-0.1, -0.05) is 42.5 Å². The lowest BCUT2D eigenvalue weighted by molar-refractivity contribution is -0.130. The molecule has 3 amide bonds. The molecule has 0 atom stereocenters. The number of carboxylic acid groups (broad SMARTS) is 1. The Labute approximate surface area is 164 Å². The number of carboxylic acids is 1. The lowest BCUT2D eigenvalue weighted by atomic mass is 10.1. The van der Waals surface area contributed by atoms with Gasteiger partial charge in [0, 0.05) is 40.2 Å². The summed E-state index contributed by atoms with van der Waals surface area (Å²) in [4.78, 5) is 38.3. The Balaban J connectivity index is 1.73. The van der Waals surface area contributed by atoms with E-state index in [9.17, 15) is 14.4 Å². The molecule has 0 aromatic heterocycles. The number of nitrogens with one attached hydrogen (secondary N) is 1. The van der Waals surface area contributed by atoms with Gasteiger partial charge >= 0.3 is 12.0 Å². The molecule has 7 heteroatoms. The number of carbonyl (C=O) groups excluding carboxylic acids is 2. The van der Waals surface area contributed by atoms with Crippen molar-refractivity contribution in [3.05, 3.63) is 71.3 Å². The number of hydrogen-bond donors (Lipinski definition) is 2. The Morgan fingerprint density at radius 3 is 2.04 bits per heavy atom. The molecule has 0 aliphatic rings. The summed E-state index contributed by atoms with van der Waals surface area (Å²) in [5.41, 5.74) is 2.08. The highest BCUT2D eigenvalue weighted by Gasteiger charge is 2.12. The van der Waals surface area contributed by atoms with Gasteiger partial charge in [-0.25, -0.2) is 9.59 Å². The third-order valence-electron chi connectivity index (χ3n) is 4.27. The van der Waals surface area contributed by atoms with Crippen LogP contribution in [-0.2, 0) is 17.9 Å². The van der Waals surface area contributed by atoms with E-state index in [4.69, 9.17) is 5.11 Å². The van der Waals surface area contributed by atoms with Crippen LogP contribution in [-0.4, -0.2) is 53.5 Å². The molecule has 0 unspecified atom stereocenters. The molecule has 0 saturated carbocycles. The van der Waals surface area contributed by atoms with Gasteiger partial charge in [0.2, 0.25) is 5.91 Å². The van der Waals surface area contributed by atoms with Crippen molar-refractivity contribution in [2.45, 2.75) is 19.5 Å². The smallest absolute Gasteiger partial charge is 0.335 e. The van der Waals surface area contributed by atoms with E-state index in [2.05, 4.69) is 5.32 Å². The molecule has 28 heavy (non-hydrogen) atoms. The molecule has 148 valence electrons. The van der Waals surface area contributed by atoms with Crippen molar-refractivity contribution in [1.82, 2.24) is 15.1 Å². The minimum absolute atomic E-state index is 0.103. The molecule has 0 heterocycles. The van der Waals surface area contributed by atoms with Crippen LogP contribution in [0.5, 0.6) is 0 Å². The maximum absolute atomic E-state index is 12.2. The summed E-state index contributed by atoms with van der Waals surface area (Å²) in [5, 5.41) is 11.7. The normalized spacial score (nSPS) is 10.2. The molecule has 0 bridgehead atoms. The van der Waals surface area contributed by atoms with E-state index < -0.39 is 5.97 Å². The van der Waals surface area contributed by atoms with Crippen LogP contribution >= 0.6 is 0 Å². The zero-order chi connectivity index (χ0) is 20.5. The van der Waals surface area contributed by atoms with Crippen molar-refractivity contribution in [2.75, 3.05) is 20.6 Å². The molecule has 0 aliphatic heterocycles. The van der Waals surface area contributed by atoms with Crippen molar-refractivity contribution < 1.29 is 19.5 Å². The number of amides is 3. The molecular weight excluding hydrogens is 358 g/mol. The largest absolute Gasteiger partial charge is 0.478 e. The van der Waals surface area contributed by atoms with Gasteiger partial charge in [0.1, 0.15) is 0 Å². The molecule has 0 aliphatic carbocycles. The van der Waals surface area contributed by atoms with Gasteiger partial charge in [-0.3, -0.25) is 4.79 Å². The third-order valence-corrected chi connectivity index (χ3v) is 4.27. The first-order chi connectivity index (χ1) is 13.4. The molecule has 2 aromatic rings. The van der Waals surface area contributed by atoms with Gasteiger partial charge < -0.3 is 20.2 Å². The van der Waals surface area contributed by atoms with E-state index in [0.29, 0.717) is 13.1 Å². The van der Waals surface area contributed by atoms with E-state index in [1.807, 2.05) is 30.3 Å². The number of rotatable bonds is 8. The number of benzene rings is 2. The Morgan fingerprint density at radius 1 is 0.857 bits per heavy atom. The average molecular weight is 383 g/mol. The van der Waals surface area contributed by atoms with Gasteiger partial charge in [0.15, 0.2) is 0 Å². The van der Waals surface area contributed by atoms with Gasteiger partial charge in [-0.15, -0.1) is 0 Å². The van der Waals surface area contributed by atoms with Crippen molar-refractivity contribution in [2.24, 2.45) is 0 Å². The standard InChI is InChI=1S/C21H25N3O4/c1-23(14-17-8-10-18(11-9-17)20(26)27)19(25)12-13-22-21(28)24(2)15-16-6-4-3-5-7-16/h3-11H,12-15H2,1-2H3,(H,22,28)(H,26,27). The summed E-state index contributed by atoms with van der Waals surface area (Å²) in [6.45, 7) is 1.12. The minimum atomic E-state index is -0.982. The van der Waals surface area contributed by atoms with Crippen LogP contribution in [0.25, 0.3) is 0 Å². The number of urea groups is 1. The van der Waals surface area contributed by atoms with E-state index in [0.717, 1.165) is 11.1 Å². The van der Waals surface area contributed by atoms with Crippen LogP contribution in [0.2, 0.25) is 0 Å². The van der Waals surface area contributed by atoms with E-state index >= 15 is 0 Å². The monoisotopic (exact) mass is 383 g/mol. The Morgan fingerprint density at radius 2 is 1.43 bits per heavy atom. The second-order valence-corrected chi connectivity index (χ2v) is 6.58. The fraction of sp³-hybridized carbons (Fsp3) is 0.286. The van der Waals surface area contributed by atoms with Crippen molar-refractivity contribution in [1.29, 1.82) is 0 Å². The van der Waals surface area contributed by atoms with Gasteiger partial charge in [0.25, 0.3) is 0 Å². The summed E-state index contributed by atoms with van der Waals surface area (Å²) in [5.74, 6) is -1.09. The number of aromatic carboxylic acids is 1. The van der Waals surface area contributed by atoms with Crippen molar-refractivity contribution in [3.8, 4) is 0 Å². The highest BCUT2D eigenvalue weighted by atomic mass is 16.4. The van der Waals surface area contributed by atoms with E-state index in [1.54, 1.807) is 36.0 Å². The fourth-order valence-electron chi connectivity index (χ4n) is 2.65. The lowest BCUT2D eigenvalue weighted by Gasteiger charge is -2.20. The lowest BCUT2D eigenvalue weighted by Crippen LogP contribution is -2.39. The highest BCUT2D eigenvalue weighted by molar-refractivity contribution is 5.87. The molecular formula is C21H25N3O4. The second kappa shape index (κ2) is 10.1. The molecule has 2 N–H and O–H groups in total. The SMILES string of the molecule is CN(Cc1ccc(C(=O)O)cc1)C(=O)CCNC(=O)N(C)Cc1ccccc1. The average Bonchev–Trinajstić information content (AvgIpc) is 2.68. The number of nitrogens with zero attached hydrogens (tertiary/aromatic N) is 2. The van der Waals surface area contributed by atoms with Gasteiger partial charge in [0.05, 0.1) is 5.56 Å². The summed E-state index contributed by atoms with van der Waals surface area (Å²) < 4.78 is 0. The van der Waals surface area contributed by atoms with Crippen molar-refractivity contribution in [3.63, 3.8) is 0 Å². The van der Waals surface area contributed by atoms with Crippen LogP contribution in [0.1, 0.15) is 27.9 Å². The Hall–Kier alpha value is -3.35. The van der Waals surface area contributed by atoms with Crippen LogP contribution in [0, 0.1) is 0 Å². The van der Waals surface area contributed by atoms with E-state index in [1.165, 1.54) is 12.1 Å². The molecule has 0 spiro atoms.